The maximum absolute atomic E-state index is 12.1. The maximum Gasteiger partial charge on any atom is 0.410 e. The quantitative estimate of drug-likeness (QED) is 0.166. The zero-order valence-corrected chi connectivity index (χ0v) is 26.6. The highest BCUT2D eigenvalue weighted by molar-refractivity contribution is 7.86. The molecule has 0 heterocycles. The second-order valence-electron chi connectivity index (χ2n) is 9.76. The third-order valence-corrected chi connectivity index (χ3v) is 7.72. The predicted molar refractivity (Wildman–Crippen MR) is 168 cm³/mol. The fourth-order valence-electron chi connectivity index (χ4n) is 3.84. The van der Waals surface area contributed by atoms with E-state index in [4.69, 9.17) is 18.8 Å². The van der Waals surface area contributed by atoms with E-state index in [2.05, 4.69) is 0 Å². The van der Waals surface area contributed by atoms with E-state index in [0.717, 1.165) is 16.7 Å². The molecule has 0 saturated carbocycles. The van der Waals surface area contributed by atoms with Gasteiger partial charge in [0.05, 0.1) is 11.5 Å². The molecule has 0 fully saturated rings. The first-order valence-corrected chi connectivity index (χ1v) is 16.1. The summed E-state index contributed by atoms with van der Waals surface area (Å²) < 4.78 is 39.8. The largest absolute Gasteiger partial charge is 0.445 e. The summed E-state index contributed by atoms with van der Waals surface area (Å²) in [6, 6.07) is 25.5. The topological polar surface area (TPSA) is 123 Å². The summed E-state index contributed by atoms with van der Waals surface area (Å²) in [7, 11) is -3.78. The van der Waals surface area contributed by atoms with Crippen molar-refractivity contribution in [3.8, 4) is 0 Å². The van der Waals surface area contributed by atoms with Gasteiger partial charge in [0.25, 0.3) is 10.1 Å². The van der Waals surface area contributed by atoms with Gasteiger partial charge in [-0.05, 0) is 56.9 Å². The van der Waals surface area contributed by atoms with E-state index in [-0.39, 0.29) is 37.4 Å². The molecule has 2 amide bonds. The van der Waals surface area contributed by atoms with Crippen LogP contribution in [0.2, 0.25) is 0 Å². The summed E-state index contributed by atoms with van der Waals surface area (Å²) in [5.74, 6) is 0. The zero-order chi connectivity index (χ0) is 32.2. The molecular weight excluding hydrogens is 584 g/mol. The molecule has 0 atom stereocenters. The Bertz CT molecular complexity index is 1340. The van der Waals surface area contributed by atoms with E-state index in [1.54, 1.807) is 17.0 Å². The standard InChI is InChI=1S/C20H25NO5S.C13H19NO3/c1-3-21(20(22)25-16-18-8-5-4-6-9-18)14-7-15-26-27(23,24)19-12-10-17(2)11-13-19;1-2-14(9-6-10-15)13(16)17-11-12-7-4-3-5-8-12/h4-6,8-13H,3,7,14-16H2,1-2H3;3-5,7-8,15H,2,6,9-11H2,1H3. The molecule has 240 valence electrons. The third kappa shape index (κ3) is 13.6. The van der Waals surface area contributed by atoms with Crippen molar-refractivity contribution in [2.45, 2.75) is 51.7 Å². The number of aliphatic hydroxyl groups excluding tert-OH is 1. The Balaban J connectivity index is 0.000000342. The van der Waals surface area contributed by atoms with Crippen LogP contribution in [0.3, 0.4) is 0 Å². The minimum Gasteiger partial charge on any atom is -0.445 e. The molecule has 0 saturated heterocycles. The van der Waals surface area contributed by atoms with Crippen molar-refractivity contribution < 1.29 is 36.8 Å². The molecule has 0 aliphatic carbocycles. The third-order valence-electron chi connectivity index (χ3n) is 6.40. The van der Waals surface area contributed by atoms with Gasteiger partial charge in [0.15, 0.2) is 0 Å². The average Bonchev–Trinajstić information content (AvgIpc) is 3.04. The van der Waals surface area contributed by atoms with Crippen molar-refractivity contribution in [2.75, 3.05) is 39.4 Å². The summed E-state index contributed by atoms with van der Waals surface area (Å²) in [4.78, 5) is 27.0. The van der Waals surface area contributed by atoms with Crippen molar-refractivity contribution >= 4 is 22.3 Å². The highest BCUT2D eigenvalue weighted by Gasteiger charge is 2.17. The van der Waals surface area contributed by atoms with Gasteiger partial charge in [0.2, 0.25) is 0 Å². The number of aryl methyl sites for hydroxylation is 1. The second kappa shape index (κ2) is 20.1. The van der Waals surface area contributed by atoms with E-state index in [1.807, 2.05) is 81.4 Å². The van der Waals surface area contributed by atoms with Crippen LogP contribution in [0.15, 0.2) is 89.8 Å². The van der Waals surface area contributed by atoms with Crippen LogP contribution in [-0.4, -0.2) is 74.9 Å². The summed E-state index contributed by atoms with van der Waals surface area (Å²) >= 11 is 0. The zero-order valence-electron chi connectivity index (χ0n) is 25.8. The maximum atomic E-state index is 12.1. The molecule has 0 radical (unpaired) electrons. The number of carbonyl (C=O) groups is 2. The van der Waals surface area contributed by atoms with E-state index in [1.165, 1.54) is 17.0 Å². The molecule has 3 rings (SSSR count). The fourth-order valence-corrected chi connectivity index (χ4v) is 4.78. The smallest absolute Gasteiger partial charge is 0.410 e. The summed E-state index contributed by atoms with van der Waals surface area (Å²) in [6.45, 7) is 8.13. The first-order valence-electron chi connectivity index (χ1n) is 14.7. The lowest BCUT2D eigenvalue weighted by atomic mass is 10.2. The fraction of sp³-hybridized carbons (Fsp3) is 0.394. The lowest BCUT2D eigenvalue weighted by molar-refractivity contribution is 0.0949. The molecule has 0 spiro atoms. The van der Waals surface area contributed by atoms with Crippen LogP contribution in [0.5, 0.6) is 0 Å². The van der Waals surface area contributed by atoms with Crippen molar-refractivity contribution in [1.29, 1.82) is 0 Å². The molecule has 11 heteroatoms. The Morgan fingerprint density at radius 1 is 0.705 bits per heavy atom. The van der Waals surface area contributed by atoms with E-state index in [9.17, 15) is 18.0 Å². The number of nitrogens with zero attached hydrogens (tertiary/aromatic N) is 2. The molecule has 3 aromatic rings. The number of ether oxygens (including phenoxy) is 2. The highest BCUT2D eigenvalue weighted by atomic mass is 32.2. The second-order valence-corrected chi connectivity index (χ2v) is 11.4. The van der Waals surface area contributed by atoms with Gasteiger partial charge in [-0.3, -0.25) is 4.18 Å². The van der Waals surface area contributed by atoms with Crippen molar-refractivity contribution in [2.24, 2.45) is 0 Å². The predicted octanol–water partition coefficient (Wildman–Crippen LogP) is 5.78. The molecule has 44 heavy (non-hydrogen) atoms. The molecule has 0 aromatic heterocycles. The van der Waals surface area contributed by atoms with Gasteiger partial charge < -0.3 is 24.4 Å². The monoisotopic (exact) mass is 628 g/mol. The summed E-state index contributed by atoms with van der Waals surface area (Å²) in [5, 5.41) is 8.72. The Labute approximate surface area is 261 Å². The number of hydrogen-bond donors (Lipinski definition) is 1. The Hall–Kier alpha value is -3.93. The molecule has 0 bridgehead atoms. The van der Waals surface area contributed by atoms with Gasteiger partial charge in [-0.2, -0.15) is 8.42 Å². The molecule has 1 N–H and O–H groups in total. The van der Waals surface area contributed by atoms with Crippen molar-refractivity contribution in [1.82, 2.24) is 9.80 Å². The van der Waals surface area contributed by atoms with E-state index < -0.39 is 16.2 Å². The SMILES string of the molecule is CCN(CCCO)C(=O)OCc1ccccc1.CCN(CCCOS(=O)(=O)c1ccc(C)cc1)C(=O)OCc1ccccc1. The minimum absolute atomic E-state index is 0.00131. The van der Waals surface area contributed by atoms with Crippen LogP contribution >= 0.6 is 0 Å². The number of aliphatic hydroxyl groups is 1. The van der Waals surface area contributed by atoms with Crippen LogP contribution in [0.1, 0.15) is 43.4 Å². The molecule has 3 aromatic carbocycles. The number of rotatable bonds is 15. The van der Waals surface area contributed by atoms with Gasteiger partial charge in [-0.15, -0.1) is 0 Å². The highest BCUT2D eigenvalue weighted by Crippen LogP contribution is 2.14. The summed E-state index contributed by atoms with van der Waals surface area (Å²) in [6.07, 6.45) is 0.209. The van der Waals surface area contributed by atoms with Crippen molar-refractivity contribution in [3.05, 3.63) is 102 Å². The van der Waals surface area contributed by atoms with Crippen LogP contribution in [0.25, 0.3) is 0 Å². The molecule has 10 nitrogen and oxygen atoms in total. The number of amides is 2. The molecule has 0 aliphatic rings. The Morgan fingerprint density at radius 2 is 1.16 bits per heavy atom. The van der Waals surface area contributed by atoms with E-state index >= 15 is 0 Å². The Kier molecular flexibility index (Phi) is 16.6. The van der Waals surface area contributed by atoms with Gasteiger partial charge in [0.1, 0.15) is 13.2 Å². The van der Waals surface area contributed by atoms with Gasteiger partial charge >= 0.3 is 12.2 Å². The van der Waals surface area contributed by atoms with Crippen LogP contribution < -0.4 is 0 Å². The lowest BCUT2D eigenvalue weighted by Gasteiger charge is -2.20. The van der Waals surface area contributed by atoms with Crippen LogP contribution in [0.4, 0.5) is 9.59 Å². The molecule has 0 unspecified atom stereocenters. The van der Waals surface area contributed by atoms with Crippen molar-refractivity contribution in [3.63, 3.8) is 0 Å². The van der Waals surface area contributed by atoms with Gasteiger partial charge in [-0.25, -0.2) is 9.59 Å². The van der Waals surface area contributed by atoms with Gasteiger partial charge in [-0.1, -0.05) is 78.4 Å². The lowest BCUT2D eigenvalue weighted by Crippen LogP contribution is -2.32. The number of carbonyl (C=O) groups excluding carboxylic acids is 2. The Morgan fingerprint density at radius 3 is 1.59 bits per heavy atom. The first kappa shape index (κ1) is 36.3. The van der Waals surface area contributed by atoms with Crippen LogP contribution in [0, 0.1) is 6.92 Å². The van der Waals surface area contributed by atoms with E-state index in [0.29, 0.717) is 39.0 Å². The number of hydrogen-bond acceptors (Lipinski definition) is 8. The van der Waals surface area contributed by atoms with Gasteiger partial charge in [0, 0.05) is 32.8 Å². The minimum atomic E-state index is -3.78. The average molecular weight is 629 g/mol. The number of benzene rings is 3. The summed E-state index contributed by atoms with van der Waals surface area (Å²) in [5.41, 5.74) is 2.86. The van der Waals surface area contributed by atoms with Crippen LogP contribution in [-0.2, 0) is 37.0 Å². The molecule has 0 aliphatic heterocycles. The normalized spacial score (nSPS) is 10.7. The molecular formula is C33H44N2O8S. The first-order chi connectivity index (χ1) is 21.2.